The van der Waals surface area contributed by atoms with Crippen LogP contribution in [0, 0.1) is 11.3 Å². The number of aromatic nitrogens is 2. The molecule has 0 radical (unpaired) electrons. The first kappa shape index (κ1) is 29.8. The zero-order chi connectivity index (χ0) is 31.3. The van der Waals surface area contributed by atoms with Crippen molar-refractivity contribution in [1.82, 2.24) is 20.2 Å². The highest BCUT2D eigenvalue weighted by Crippen LogP contribution is 2.35. The molecule has 1 aromatic heterocycles. The van der Waals surface area contributed by atoms with E-state index in [0.29, 0.717) is 44.8 Å². The number of anilines is 2. The minimum absolute atomic E-state index is 0.197. The molecule has 2 saturated heterocycles. The zero-order valence-corrected chi connectivity index (χ0v) is 26.0. The van der Waals surface area contributed by atoms with E-state index in [0.717, 1.165) is 55.0 Å². The number of carbonyl (C=O) groups is 1. The monoisotopic (exact) mass is 617 g/mol. The van der Waals surface area contributed by atoms with Gasteiger partial charge in [-0.15, -0.1) is 0 Å². The van der Waals surface area contributed by atoms with Crippen molar-refractivity contribution < 1.29 is 14.3 Å². The van der Waals surface area contributed by atoms with Crippen LogP contribution in [-0.2, 0) is 24.3 Å². The van der Waals surface area contributed by atoms with Gasteiger partial charge < -0.3 is 29.5 Å². The lowest BCUT2D eigenvalue weighted by Gasteiger charge is -2.42. The van der Waals surface area contributed by atoms with Crippen molar-refractivity contribution in [2.75, 3.05) is 49.1 Å². The summed E-state index contributed by atoms with van der Waals surface area (Å²) in [6, 6.07) is 27.2. The minimum atomic E-state index is -0.396. The Hall–Kier alpha value is -4.88. The second-order valence-electron chi connectivity index (χ2n) is 12.2. The Bertz CT molecular complexity index is 1720. The van der Waals surface area contributed by atoms with Crippen molar-refractivity contribution in [2.45, 2.75) is 50.9 Å². The van der Waals surface area contributed by atoms with Crippen molar-refractivity contribution >= 4 is 28.4 Å². The molecular formula is C36H39N7O3. The van der Waals surface area contributed by atoms with Crippen LogP contribution < -0.4 is 19.9 Å². The molecule has 0 saturated carbocycles. The van der Waals surface area contributed by atoms with Gasteiger partial charge in [-0.2, -0.15) is 15.2 Å². The third-order valence-corrected chi connectivity index (χ3v) is 9.25. The molecule has 4 heterocycles. The molecule has 10 heteroatoms. The number of fused-ring (bicyclic) bond motifs is 2. The van der Waals surface area contributed by atoms with Gasteiger partial charge in [0.2, 0.25) is 0 Å². The first-order chi connectivity index (χ1) is 22.7. The molecule has 0 spiro atoms. The van der Waals surface area contributed by atoms with Gasteiger partial charge in [0, 0.05) is 48.9 Å². The second kappa shape index (κ2) is 13.6. The van der Waals surface area contributed by atoms with Gasteiger partial charge in [-0.05, 0) is 42.8 Å². The number of rotatable bonds is 8. The number of nitriles is 1. The molecule has 7 rings (SSSR count). The number of piperazine rings is 1. The average Bonchev–Trinajstić information content (AvgIpc) is 3.63. The fourth-order valence-electron chi connectivity index (χ4n) is 6.85. The van der Waals surface area contributed by atoms with Gasteiger partial charge in [0.15, 0.2) is 0 Å². The predicted octanol–water partition coefficient (Wildman–Crippen LogP) is 5.06. The Morgan fingerprint density at radius 1 is 0.978 bits per heavy atom. The maximum absolute atomic E-state index is 13.2. The maximum atomic E-state index is 13.2. The van der Waals surface area contributed by atoms with Crippen LogP contribution in [0.2, 0.25) is 0 Å². The van der Waals surface area contributed by atoms with Gasteiger partial charge >= 0.3 is 12.1 Å². The molecule has 1 N–H and O–H groups in total. The van der Waals surface area contributed by atoms with Crippen molar-refractivity contribution in [1.29, 1.82) is 5.26 Å². The summed E-state index contributed by atoms with van der Waals surface area (Å²) in [5, 5.41) is 15.6. The lowest BCUT2D eigenvalue weighted by atomic mass is 10.0. The highest BCUT2D eigenvalue weighted by atomic mass is 16.6. The summed E-state index contributed by atoms with van der Waals surface area (Å²) < 4.78 is 11.9. The van der Waals surface area contributed by atoms with Crippen molar-refractivity contribution in [2.24, 2.45) is 0 Å². The Kier molecular flexibility index (Phi) is 8.83. The average molecular weight is 618 g/mol. The van der Waals surface area contributed by atoms with E-state index in [1.54, 1.807) is 4.90 Å². The number of ether oxygens (including phenoxy) is 2. The van der Waals surface area contributed by atoms with Gasteiger partial charge in [-0.1, -0.05) is 66.7 Å². The lowest BCUT2D eigenvalue weighted by molar-refractivity contribution is 0.0767. The SMILES string of the molecule is N#CCC1CN(c2nc(OCC3CCCN3)nc3c2CCN(c2cccc4ccccc24)C3)CCN1C(=O)OCc1ccccc1. The number of hydrogen-bond donors (Lipinski definition) is 1. The van der Waals surface area contributed by atoms with Crippen LogP contribution in [0.5, 0.6) is 6.01 Å². The molecular weight excluding hydrogens is 578 g/mol. The van der Waals surface area contributed by atoms with E-state index in [1.165, 1.54) is 16.5 Å². The van der Waals surface area contributed by atoms with Crippen molar-refractivity contribution in [3.05, 3.63) is 89.6 Å². The fraction of sp³-hybridized carbons (Fsp3) is 0.389. The highest BCUT2D eigenvalue weighted by molar-refractivity contribution is 5.94. The van der Waals surface area contributed by atoms with E-state index in [1.807, 2.05) is 30.3 Å². The predicted molar refractivity (Wildman–Crippen MR) is 177 cm³/mol. The summed E-state index contributed by atoms with van der Waals surface area (Å²) in [6.45, 7) is 4.68. The summed E-state index contributed by atoms with van der Waals surface area (Å²) in [5.74, 6) is 0.845. The molecule has 3 aliphatic rings. The number of benzene rings is 3. The quantitative estimate of drug-likeness (QED) is 0.290. The molecule has 2 atom stereocenters. The summed E-state index contributed by atoms with van der Waals surface area (Å²) in [7, 11) is 0. The van der Waals surface area contributed by atoms with Gasteiger partial charge in [-0.25, -0.2) is 4.79 Å². The van der Waals surface area contributed by atoms with Crippen LogP contribution in [0.3, 0.4) is 0 Å². The smallest absolute Gasteiger partial charge is 0.410 e. The third kappa shape index (κ3) is 6.42. The second-order valence-corrected chi connectivity index (χ2v) is 12.2. The zero-order valence-electron chi connectivity index (χ0n) is 26.0. The van der Waals surface area contributed by atoms with E-state index in [2.05, 4.69) is 63.7 Å². The molecule has 4 aromatic rings. The van der Waals surface area contributed by atoms with Crippen LogP contribution in [-0.4, -0.2) is 72.4 Å². The normalized spacial score (nSPS) is 19.5. The largest absolute Gasteiger partial charge is 0.462 e. The van der Waals surface area contributed by atoms with E-state index in [-0.39, 0.29) is 19.1 Å². The van der Waals surface area contributed by atoms with Crippen LogP contribution in [0.15, 0.2) is 72.8 Å². The third-order valence-electron chi connectivity index (χ3n) is 9.25. The first-order valence-electron chi connectivity index (χ1n) is 16.2. The van der Waals surface area contributed by atoms with Gasteiger partial charge in [0.05, 0.1) is 30.8 Å². The molecule has 1 amide bonds. The number of hydrogen-bond acceptors (Lipinski definition) is 9. The van der Waals surface area contributed by atoms with Crippen molar-refractivity contribution in [3.8, 4) is 12.1 Å². The fourth-order valence-corrected chi connectivity index (χ4v) is 6.85. The lowest BCUT2D eigenvalue weighted by Crippen LogP contribution is -2.55. The Morgan fingerprint density at radius 3 is 2.67 bits per heavy atom. The molecule has 2 fully saturated rings. The van der Waals surface area contributed by atoms with E-state index in [9.17, 15) is 10.1 Å². The van der Waals surface area contributed by atoms with Gasteiger partial charge in [0.25, 0.3) is 0 Å². The number of carbonyl (C=O) groups excluding carboxylic acids is 1. The molecule has 0 aliphatic carbocycles. The molecule has 3 aromatic carbocycles. The summed E-state index contributed by atoms with van der Waals surface area (Å²) in [5.41, 5.74) is 4.19. The molecule has 46 heavy (non-hydrogen) atoms. The van der Waals surface area contributed by atoms with Crippen LogP contribution in [0.25, 0.3) is 10.8 Å². The summed E-state index contributed by atoms with van der Waals surface area (Å²) >= 11 is 0. The summed E-state index contributed by atoms with van der Waals surface area (Å²) in [6.07, 6.45) is 2.80. The molecule has 236 valence electrons. The standard InChI is InChI=1S/C36H39N7O3/c37-17-15-29-22-42(20-21-43(29)36(44)46-24-26-8-2-1-3-9-26)34-31-16-19-41(33-14-6-11-27-10-4-5-13-30(27)33)23-32(31)39-35(40-34)45-25-28-12-7-18-38-28/h1-6,8-11,13-14,28-29,38H,7,12,15-16,18-25H2. The summed E-state index contributed by atoms with van der Waals surface area (Å²) in [4.78, 5) is 29.4. The minimum Gasteiger partial charge on any atom is -0.462 e. The van der Waals surface area contributed by atoms with E-state index in [4.69, 9.17) is 19.4 Å². The van der Waals surface area contributed by atoms with Crippen LogP contribution >= 0.6 is 0 Å². The van der Waals surface area contributed by atoms with Gasteiger partial charge in [-0.3, -0.25) is 0 Å². The molecule has 3 aliphatic heterocycles. The number of nitrogens with zero attached hydrogens (tertiary/aromatic N) is 6. The number of nitrogens with one attached hydrogen (secondary N) is 1. The van der Waals surface area contributed by atoms with E-state index < -0.39 is 6.09 Å². The molecule has 10 nitrogen and oxygen atoms in total. The Balaban J connectivity index is 1.14. The van der Waals surface area contributed by atoms with E-state index >= 15 is 0 Å². The Labute approximate surface area is 269 Å². The van der Waals surface area contributed by atoms with Crippen molar-refractivity contribution in [3.63, 3.8) is 0 Å². The van der Waals surface area contributed by atoms with Gasteiger partial charge in [0.1, 0.15) is 19.0 Å². The molecule has 2 unspecified atom stereocenters. The maximum Gasteiger partial charge on any atom is 0.410 e. The van der Waals surface area contributed by atoms with Crippen LogP contribution in [0.4, 0.5) is 16.3 Å². The highest BCUT2D eigenvalue weighted by Gasteiger charge is 2.35. The number of amides is 1. The van der Waals surface area contributed by atoms with Crippen LogP contribution in [0.1, 0.15) is 36.1 Å². The Morgan fingerprint density at radius 2 is 1.83 bits per heavy atom. The molecule has 0 bridgehead atoms. The first-order valence-corrected chi connectivity index (χ1v) is 16.2. The topological polar surface area (TPSA) is 107 Å².